The molecule has 18 heavy (non-hydrogen) atoms. The Morgan fingerprint density at radius 3 is 3.00 bits per heavy atom. The van der Waals surface area contributed by atoms with Crippen LogP contribution in [0.5, 0.6) is 0 Å². The van der Waals surface area contributed by atoms with Gasteiger partial charge in [0.1, 0.15) is 0 Å². The quantitative estimate of drug-likeness (QED) is 0.846. The van der Waals surface area contributed by atoms with Crippen LogP contribution in [-0.2, 0) is 6.54 Å². The number of hydrogen-bond acceptors (Lipinski definition) is 3. The van der Waals surface area contributed by atoms with Gasteiger partial charge >= 0.3 is 0 Å². The molecule has 2 N–H and O–H groups in total. The van der Waals surface area contributed by atoms with Crippen LogP contribution in [0, 0.1) is 0 Å². The molecule has 0 saturated carbocycles. The summed E-state index contributed by atoms with van der Waals surface area (Å²) in [6, 6.07) is 13.0. The SMILES string of the molecule is c1cncc(NC2CCNCc3ccccc32)c1. The van der Waals surface area contributed by atoms with E-state index in [1.807, 2.05) is 12.3 Å². The minimum atomic E-state index is 0.361. The fourth-order valence-electron chi connectivity index (χ4n) is 2.46. The van der Waals surface area contributed by atoms with E-state index < -0.39 is 0 Å². The van der Waals surface area contributed by atoms with Crippen molar-refractivity contribution in [3.05, 3.63) is 59.9 Å². The summed E-state index contributed by atoms with van der Waals surface area (Å²) < 4.78 is 0. The highest BCUT2D eigenvalue weighted by molar-refractivity contribution is 5.44. The topological polar surface area (TPSA) is 37.0 Å². The van der Waals surface area contributed by atoms with Gasteiger partial charge in [-0.3, -0.25) is 4.98 Å². The van der Waals surface area contributed by atoms with E-state index in [1.165, 1.54) is 11.1 Å². The highest BCUT2D eigenvalue weighted by Crippen LogP contribution is 2.26. The molecule has 1 aromatic heterocycles. The molecule has 0 bridgehead atoms. The minimum Gasteiger partial charge on any atom is -0.377 e. The summed E-state index contributed by atoms with van der Waals surface area (Å²) in [5.41, 5.74) is 3.86. The Morgan fingerprint density at radius 1 is 1.17 bits per heavy atom. The maximum absolute atomic E-state index is 4.15. The Hall–Kier alpha value is -1.87. The number of nitrogens with one attached hydrogen (secondary N) is 2. The molecule has 3 heteroatoms. The van der Waals surface area contributed by atoms with Crippen molar-refractivity contribution in [2.75, 3.05) is 11.9 Å². The van der Waals surface area contributed by atoms with Crippen LogP contribution in [0.1, 0.15) is 23.6 Å². The zero-order valence-electron chi connectivity index (χ0n) is 10.3. The fraction of sp³-hybridized carbons (Fsp3) is 0.267. The molecule has 3 nitrogen and oxygen atoms in total. The average Bonchev–Trinajstić information content (AvgIpc) is 2.63. The van der Waals surface area contributed by atoms with Gasteiger partial charge in [0.25, 0.3) is 0 Å². The number of benzene rings is 1. The summed E-state index contributed by atoms with van der Waals surface area (Å²) in [6.45, 7) is 1.99. The zero-order chi connectivity index (χ0) is 12.2. The number of rotatable bonds is 2. The van der Waals surface area contributed by atoms with E-state index in [4.69, 9.17) is 0 Å². The van der Waals surface area contributed by atoms with Gasteiger partial charge in [0.2, 0.25) is 0 Å². The van der Waals surface area contributed by atoms with Gasteiger partial charge in [0, 0.05) is 18.9 Å². The van der Waals surface area contributed by atoms with Crippen molar-refractivity contribution in [2.45, 2.75) is 19.0 Å². The normalized spacial score (nSPS) is 18.8. The number of pyridine rings is 1. The first-order valence-corrected chi connectivity index (χ1v) is 6.38. The van der Waals surface area contributed by atoms with Crippen LogP contribution in [0.15, 0.2) is 48.8 Å². The molecule has 2 aromatic rings. The van der Waals surface area contributed by atoms with Crippen LogP contribution in [0.4, 0.5) is 5.69 Å². The molecule has 1 aliphatic rings. The third kappa shape index (κ3) is 2.36. The molecule has 1 unspecified atom stereocenters. The Morgan fingerprint density at radius 2 is 2.11 bits per heavy atom. The molecule has 0 aliphatic carbocycles. The van der Waals surface area contributed by atoms with Gasteiger partial charge in [-0.15, -0.1) is 0 Å². The molecule has 2 heterocycles. The maximum Gasteiger partial charge on any atom is 0.0531 e. The van der Waals surface area contributed by atoms with Gasteiger partial charge < -0.3 is 10.6 Å². The van der Waals surface area contributed by atoms with Crippen molar-refractivity contribution in [1.82, 2.24) is 10.3 Å². The number of hydrogen-bond donors (Lipinski definition) is 2. The summed E-state index contributed by atoms with van der Waals surface area (Å²) >= 11 is 0. The monoisotopic (exact) mass is 239 g/mol. The standard InChI is InChI=1S/C15H17N3/c1-2-6-14-12(4-1)10-17-9-7-15(14)18-13-5-3-8-16-11-13/h1-6,8,11,15,17-18H,7,9-10H2. The Bertz CT molecular complexity index is 510. The van der Waals surface area contributed by atoms with E-state index in [9.17, 15) is 0 Å². The molecule has 0 saturated heterocycles. The van der Waals surface area contributed by atoms with E-state index >= 15 is 0 Å². The predicted octanol–water partition coefficient (Wildman–Crippen LogP) is 2.73. The summed E-state index contributed by atoms with van der Waals surface area (Å²) in [7, 11) is 0. The summed E-state index contributed by atoms with van der Waals surface area (Å²) in [5, 5.41) is 7.04. The molecular formula is C15H17N3. The van der Waals surface area contributed by atoms with Crippen LogP contribution >= 0.6 is 0 Å². The highest BCUT2D eigenvalue weighted by Gasteiger charge is 2.17. The van der Waals surface area contributed by atoms with Gasteiger partial charge in [-0.2, -0.15) is 0 Å². The first-order valence-electron chi connectivity index (χ1n) is 6.38. The smallest absolute Gasteiger partial charge is 0.0531 e. The highest BCUT2D eigenvalue weighted by atomic mass is 15.0. The van der Waals surface area contributed by atoms with E-state index in [1.54, 1.807) is 6.20 Å². The molecule has 1 atom stereocenters. The summed E-state index contributed by atoms with van der Waals surface area (Å²) in [5.74, 6) is 0. The number of nitrogens with zero attached hydrogens (tertiary/aromatic N) is 1. The second kappa shape index (κ2) is 5.19. The Balaban J connectivity index is 1.88. The molecule has 0 radical (unpaired) electrons. The van der Waals surface area contributed by atoms with E-state index in [2.05, 4.69) is 45.9 Å². The van der Waals surface area contributed by atoms with Gasteiger partial charge in [0.15, 0.2) is 0 Å². The number of fused-ring (bicyclic) bond motifs is 1. The first-order chi connectivity index (χ1) is 8.93. The largest absolute Gasteiger partial charge is 0.377 e. The van der Waals surface area contributed by atoms with E-state index in [0.717, 1.165) is 25.2 Å². The Kier molecular flexibility index (Phi) is 3.24. The Labute approximate surface area is 107 Å². The van der Waals surface area contributed by atoms with Crippen molar-refractivity contribution in [3.8, 4) is 0 Å². The van der Waals surface area contributed by atoms with Gasteiger partial charge in [-0.1, -0.05) is 24.3 Å². The van der Waals surface area contributed by atoms with Gasteiger partial charge in [-0.05, 0) is 36.2 Å². The predicted molar refractivity (Wildman–Crippen MR) is 73.4 cm³/mol. The molecule has 0 fully saturated rings. The number of aromatic nitrogens is 1. The van der Waals surface area contributed by atoms with Crippen molar-refractivity contribution < 1.29 is 0 Å². The van der Waals surface area contributed by atoms with Crippen LogP contribution in [0.25, 0.3) is 0 Å². The lowest BCUT2D eigenvalue weighted by molar-refractivity contribution is 0.637. The van der Waals surface area contributed by atoms with Crippen molar-refractivity contribution >= 4 is 5.69 Å². The van der Waals surface area contributed by atoms with Gasteiger partial charge in [-0.25, -0.2) is 0 Å². The first kappa shape index (κ1) is 11.2. The second-order valence-electron chi connectivity index (χ2n) is 4.60. The fourth-order valence-corrected chi connectivity index (χ4v) is 2.46. The summed E-state index contributed by atoms with van der Waals surface area (Å²) in [6.07, 6.45) is 4.76. The van der Waals surface area contributed by atoms with Crippen LogP contribution < -0.4 is 10.6 Å². The van der Waals surface area contributed by atoms with E-state index in [-0.39, 0.29) is 0 Å². The molecule has 92 valence electrons. The lowest BCUT2D eigenvalue weighted by atomic mass is 9.99. The summed E-state index contributed by atoms with van der Waals surface area (Å²) in [4.78, 5) is 4.15. The lowest BCUT2D eigenvalue weighted by Gasteiger charge is -2.19. The minimum absolute atomic E-state index is 0.361. The molecule has 1 aromatic carbocycles. The third-order valence-electron chi connectivity index (χ3n) is 3.36. The molecule has 3 rings (SSSR count). The second-order valence-corrected chi connectivity index (χ2v) is 4.60. The number of anilines is 1. The average molecular weight is 239 g/mol. The molecule has 0 spiro atoms. The third-order valence-corrected chi connectivity index (χ3v) is 3.36. The van der Waals surface area contributed by atoms with Crippen LogP contribution in [0.2, 0.25) is 0 Å². The van der Waals surface area contributed by atoms with E-state index in [0.29, 0.717) is 6.04 Å². The maximum atomic E-state index is 4.15. The van der Waals surface area contributed by atoms with Gasteiger partial charge in [0.05, 0.1) is 11.7 Å². The molecular weight excluding hydrogens is 222 g/mol. The van der Waals surface area contributed by atoms with Crippen LogP contribution in [0.3, 0.4) is 0 Å². The molecule has 0 amide bonds. The molecule has 1 aliphatic heterocycles. The lowest BCUT2D eigenvalue weighted by Crippen LogP contribution is -2.15. The van der Waals surface area contributed by atoms with Crippen LogP contribution in [-0.4, -0.2) is 11.5 Å². The van der Waals surface area contributed by atoms with Crippen molar-refractivity contribution in [2.24, 2.45) is 0 Å². The van der Waals surface area contributed by atoms with Crippen molar-refractivity contribution in [1.29, 1.82) is 0 Å². The van der Waals surface area contributed by atoms with Crippen molar-refractivity contribution in [3.63, 3.8) is 0 Å². The zero-order valence-corrected chi connectivity index (χ0v) is 10.3.